The van der Waals surface area contributed by atoms with Gasteiger partial charge in [-0.15, -0.1) is 0 Å². The third-order valence-electron chi connectivity index (χ3n) is 4.19. The van der Waals surface area contributed by atoms with E-state index in [4.69, 9.17) is 18.9 Å². The van der Waals surface area contributed by atoms with Crippen molar-refractivity contribution in [2.24, 2.45) is 11.8 Å². The van der Waals surface area contributed by atoms with E-state index in [0.717, 1.165) is 32.1 Å². The highest BCUT2D eigenvalue weighted by atomic mass is 16.7. The number of esters is 2. The number of hydrogen-bond donors (Lipinski definition) is 0. The number of hydrogen-bond acceptors (Lipinski definition) is 6. The van der Waals surface area contributed by atoms with Gasteiger partial charge in [-0.1, -0.05) is 6.92 Å². The van der Waals surface area contributed by atoms with E-state index in [1.807, 2.05) is 6.92 Å². The predicted molar refractivity (Wildman–Crippen MR) is 78.0 cm³/mol. The van der Waals surface area contributed by atoms with Crippen LogP contribution < -0.4 is 0 Å². The molecule has 6 nitrogen and oxygen atoms in total. The normalized spacial score (nSPS) is 26.0. The first-order valence-electron chi connectivity index (χ1n) is 8.27. The van der Waals surface area contributed by atoms with Crippen LogP contribution in [-0.4, -0.2) is 44.7 Å². The van der Waals surface area contributed by atoms with Crippen LogP contribution in [-0.2, 0) is 28.5 Å². The summed E-state index contributed by atoms with van der Waals surface area (Å²) in [4.78, 5) is 22.7. The van der Waals surface area contributed by atoms with E-state index < -0.39 is 0 Å². The summed E-state index contributed by atoms with van der Waals surface area (Å²) in [6, 6.07) is 0. The topological polar surface area (TPSA) is 71.1 Å². The van der Waals surface area contributed by atoms with Crippen LogP contribution in [0.2, 0.25) is 0 Å². The minimum atomic E-state index is -0.243. The van der Waals surface area contributed by atoms with Crippen LogP contribution in [0.15, 0.2) is 0 Å². The Hall–Kier alpha value is -1.14. The standard InChI is InChI=1S/C16H26O6/c1-2-14(20-9-5-13-7-11-22-16(13)18)19-8-3-4-12-6-10-21-15(12)17/h12-14H,2-11H2,1H3. The van der Waals surface area contributed by atoms with Gasteiger partial charge in [0.2, 0.25) is 0 Å². The number of carbonyl (C=O) groups excluding carboxylic acids is 2. The van der Waals surface area contributed by atoms with Crippen LogP contribution in [0.25, 0.3) is 0 Å². The third kappa shape index (κ3) is 5.25. The molecule has 6 heteroatoms. The molecule has 3 atom stereocenters. The zero-order valence-electron chi connectivity index (χ0n) is 13.3. The fraction of sp³-hybridized carbons (Fsp3) is 0.875. The molecule has 126 valence electrons. The van der Waals surface area contributed by atoms with Gasteiger partial charge in [0.1, 0.15) is 0 Å². The molecule has 0 saturated carbocycles. The van der Waals surface area contributed by atoms with E-state index in [1.165, 1.54) is 0 Å². The Morgan fingerprint density at radius 3 is 2.14 bits per heavy atom. The van der Waals surface area contributed by atoms with Crippen molar-refractivity contribution < 1.29 is 28.5 Å². The summed E-state index contributed by atoms with van der Waals surface area (Å²) in [6.07, 6.45) is 4.46. The lowest BCUT2D eigenvalue weighted by Gasteiger charge is -2.18. The highest BCUT2D eigenvalue weighted by Gasteiger charge is 2.27. The maximum atomic E-state index is 11.3. The van der Waals surface area contributed by atoms with Gasteiger partial charge >= 0.3 is 11.9 Å². The molecule has 2 fully saturated rings. The molecule has 2 saturated heterocycles. The molecule has 0 amide bonds. The van der Waals surface area contributed by atoms with Crippen LogP contribution in [0, 0.1) is 11.8 Å². The van der Waals surface area contributed by atoms with E-state index >= 15 is 0 Å². The number of ether oxygens (including phenoxy) is 4. The molecule has 0 spiro atoms. The number of carbonyl (C=O) groups is 2. The van der Waals surface area contributed by atoms with Crippen LogP contribution in [0.4, 0.5) is 0 Å². The molecule has 0 aromatic rings. The van der Waals surface area contributed by atoms with Crippen LogP contribution >= 0.6 is 0 Å². The van der Waals surface area contributed by atoms with Crippen molar-refractivity contribution >= 4 is 11.9 Å². The highest BCUT2D eigenvalue weighted by molar-refractivity contribution is 5.74. The second-order valence-corrected chi connectivity index (χ2v) is 5.82. The predicted octanol–water partition coefficient (Wildman–Crippen LogP) is 2.05. The number of rotatable bonds is 10. The molecule has 22 heavy (non-hydrogen) atoms. The van der Waals surface area contributed by atoms with Gasteiger partial charge in [-0.3, -0.25) is 9.59 Å². The minimum absolute atomic E-state index is 0.0223. The van der Waals surface area contributed by atoms with Gasteiger partial charge in [-0.25, -0.2) is 0 Å². The summed E-state index contributed by atoms with van der Waals surface area (Å²) in [5.41, 5.74) is 0. The van der Waals surface area contributed by atoms with Gasteiger partial charge in [0, 0.05) is 6.61 Å². The fourth-order valence-corrected chi connectivity index (χ4v) is 2.77. The summed E-state index contributed by atoms with van der Waals surface area (Å²) >= 11 is 0. The van der Waals surface area contributed by atoms with Crippen molar-refractivity contribution in [3.05, 3.63) is 0 Å². The van der Waals surface area contributed by atoms with Gasteiger partial charge in [-0.05, 0) is 38.5 Å². The molecule has 0 bridgehead atoms. The molecule has 0 aromatic carbocycles. The molecule has 0 aliphatic carbocycles. The average molecular weight is 314 g/mol. The summed E-state index contributed by atoms with van der Waals surface area (Å²) in [5.74, 6) is -0.170. The Balaban J connectivity index is 1.52. The Morgan fingerprint density at radius 1 is 1.00 bits per heavy atom. The van der Waals surface area contributed by atoms with Gasteiger partial charge in [0.25, 0.3) is 0 Å². The van der Waals surface area contributed by atoms with E-state index in [0.29, 0.717) is 32.8 Å². The molecular formula is C16H26O6. The summed E-state index contributed by atoms with van der Waals surface area (Å²) in [5, 5.41) is 0. The van der Waals surface area contributed by atoms with Crippen LogP contribution in [0.3, 0.4) is 0 Å². The monoisotopic (exact) mass is 314 g/mol. The molecule has 0 N–H and O–H groups in total. The molecule has 3 unspecified atom stereocenters. The first kappa shape index (κ1) is 17.2. The van der Waals surface area contributed by atoms with Gasteiger partial charge in [-0.2, -0.15) is 0 Å². The van der Waals surface area contributed by atoms with Crippen molar-refractivity contribution in [2.45, 2.75) is 51.7 Å². The van der Waals surface area contributed by atoms with Crippen molar-refractivity contribution in [3.63, 3.8) is 0 Å². The van der Waals surface area contributed by atoms with Gasteiger partial charge in [0.05, 0.1) is 31.7 Å². The van der Waals surface area contributed by atoms with Gasteiger partial charge < -0.3 is 18.9 Å². The molecular weight excluding hydrogens is 288 g/mol. The molecule has 2 aliphatic heterocycles. The Morgan fingerprint density at radius 2 is 1.59 bits per heavy atom. The van der Waals surface area contributed by atoms with Crippen molar-refractivity contribution in [3.8, 4) is 0 Å². The molecule has 0 radical (unpaired) electrons. The zero-order chi connectivity index (χ0) is 15.8. The van der Waals surface area contributed by atoms with E-state index in [-0.39, 0.29) is 30.1 Å². The highest BCUT2D eigenvalue weighted by Crippen LogP contribution is 2.20. The lowest BCUT2D eigenvalue weighted by Crippen LogP contribution is -2.20. The Kier molecular flexibility index (Phi) is 7.12. The Bertz CT molecular complexity index is 370. The quantitative estimate of drug-likeness (QED) is 0.349. The SMILES string of the molecule is CCC(OCCCC1CCOC1=O)OCCC1CCOC1=O. The third-order valence-corrected chi connectivity index (χ3v) is 4.19. The van der Waals surface area contributed by atoms with E-state index in [1.54, 1.807) is 0 Å². The minimum Gasteiger partial charge on any atom is -0.465 e. The maximum Gasteiger partial charge on any atom is 0.309 e. The summed E-state index contributed by atoms with van der Waals surface area (Å²) in [6.45, 7) is 4.17. The molecule has 0 aromatic heterocycles. The van der Waals surface area contributed by atoms with E-state index in [9.17, 15) is 9.59 Å². The molecule has 2 rings (SSSR count). The maximum absolute atomic E-state index is 11.3. The zero-order valence-corrected chi connectivity index (χ0v) is 13.3. The second kappa shape index (κ2) is 9.10. The first-order valence-corrected chi connectivity index (χ1v) is 8.27. The van der Waals surface area contributed by atoms with E-state index in [2.05, 4.69) is 0 Å². The smallest absolute Gasteiger partial charge is 0.309 e. The van der Waals surface area contributed by atoms with Crippen molar-refractivity contribution in [1.29, 1.82) is 0 Å². The van der Waals surface area contributed by atoms with Gasteiger partial charge in [0.15, 0.2) is 6.29 Å². The average Bonchev–Trinajstić information content (AvgIpc) is 3.10. The van der Waals surface area contributed by atoms with Crippen molar-refractivity contribution in [1.82, 2.24) is 0 Å². The fourth-order valence-electron chi connectivity index (χ4n) is 2.77. The summed E-state index contributed by atoms with van der Waals surface area (Å²) in [7, 11) is 0. The van der Waals surface area contributed by atoms with Crippen LogP contribution in [0.1, 0.15) is 45.4 Å². The summed E-state index contributed by atoms with van der Waals surface area (Å²) < 4.78 is 21.2. The second-order valence-electron chi connectivity index (χ2n) is 5.82. The van der Waals surface area contributed by atoms with Crippen molar-refractivity contribution in [2.75, 3.05) is 26.4 Å². The first-order chi connectivity index (χ1) is 10.7. The molecule has 2 aliphatic rings. The lowest BCUT2D eigenvalue weighted by molar-refractivity contribution is -0.152. The Labute approximate surface area is 131 Å². The lowest BCUT2D eigenvalue weighted by atomic mass is 10.0. The largest absolute Gasteiger partial charge is 0.465 e. The number of cyclic esters (lactones) is 2. The molecule has 2 heterocycles. The van der Waals surface area contributed by atoms with Crippen LogP contribution in [0.5, 0.6) is 0 Å².